The van der Waals surface area contributed by atoms with Crippen molar-refractivity contribution in [2.45, 2.75) is 14.8 Å². The second-order valence-corrected chi connectivity index (χ2v) is 20.8. The van der Waals surface area contributed by atoms with Crippen LogP contribution in [-0.2, 0) is 0 Å². The van der Waals surface area contributed by atoms with Crippen LogP contribution in [0.3, 0.4) is 0 Å². The van der Waals surface area contributed by atoms with Crippen LogP contribution in [0.25, 0.3) is 10.6 Å². The van der Waals surface area contributed by atoms with Gasteiger partial charge in [-0.15, -0.1) is 0 Å². The molecule has 0 atom stereocenters. The summed E-state index contributed by atoms with van der Waals surface area (Å²) in [6, 6.07) is 4.41. The molecule has 0 unspecified atom stereocenters. The minimum atomic E-state index is -1.87. The standard InChI is InChI=1S/C7H4NOS.3CH3.Sn/c1-2-7(10-3-1)6-4-9-5-8-6;;;;/h1-2,4-5H;3*1H3;. The topological polar surface area (TPSA) is 26.0 Å². The van der Waals surface area contributed by atoms with Crippen LogP contribution in [0.1, 0.15) is 0 Å². The summed E-state index contributed by atoms with van der Waals surface area (Å²) in [7, 11) is 0. The van der Waals surface area contributed by atoms with E-state index in [1.165, 1.54) is 11.3 Å². The van der Waals surface area contributed by atoms with Crippen molar-refractivity contribution in [2.75, 3.05) is 0 Å². The Kier molecular flexibility index (Phi) is 2.70. The molecule has 0 saturated carbocycles. The minimum absolute atomic E-state index is 0.955. The number of hydrogen-bond donors (Lipinski definition) is 0. The van der Waals surface area contributed by atoms with Crippen LogP contribution in [0, 0.1) is 0 Å². The molecule has 0 N–H and O–H groups in total. The Morgan fingerprint density at radius 3 is 2.57 bits per heavy atom. The Balaban J connectivity index is 2.36. The fraction of sp³-hybridized carbons (Fsp3) is 0.300. The average molecular weight is 314 g/mol. The van der Waals surface area contributed by atoms with Gasteiger partial charge in [0, 0.05) is 0 Å². The first kappa shape index (κ1) is 10.2. The van der Waals surface area contributed by atoms with Crippen molar-refractivity contribution >= 4 is 32.6 Å². The average Bonchev–Trinajstić information content (AvgIpc) is 2.73. The molecule has 4 heteroatoms. The molecule has 0 fully saturated rings. The fourth-order valence-corrected chi connectivity index (χ4v) is 7.46. The second kappa shape index (κ2) is 3.70. The number of hydrogen-bond acceptors (Lipinski definition) is 3. The van der Waals surface area contributed by atoms with Gasteiger partial charge in [0.05, 0.1) is 0 Å². The normalized spacial score (nSPS) is 11.9. The Morgan fingerprint density at radius 2 is 2.07 bits per heavy atom. The number of oxazole rings is 1. The molecule has 0 saturated heterocycles. The van der Waals surface area contributed by atoms with Crippen LogP contribution in [0.4, 0.5) is 0 Å². The van der Waals surface area contributed by atoms with Gasteiger partial charge in [0.25, 0.3) is 0 Å². The van der Waals surface area contributed by atoms with E-state index in [0.29, 0.717) is 0 Å². The third kappa shape index (κ3) is 2.03. The zero-order valence-electron chi connectivity index (χ0n) is 8.57. The van der Waals surface area contributed by atoms with E-state index in [1.54, 1.807) is 9.16 Å². The SMILES string of the molecule is [CH3][Sn]([CH3])([CH3])[c]1ccc(-c2cocn2)s1. The molecule has 0 aliphatic carbocycles. The van der Waals surface area contributed by atoms with Crippen LogP contribution >= 0.6 is 11.3 Å². The first-order valence-electron chi connectivity index (χ1n) is 4.56. The molecule has 74 valence electrons. The molecule has 2 heterocycles. The molecule has 2 rings (SSSR count). The van der Waals surface area contributed by atoms with Crippen molar-refractivity contribution in [2.24, 2.45) is 0 Å². The first-order valence-corrected chi connectivity index (χ1v) is 15.4. The van der Waals surface area contributed by atoms with E-state index in [9.17, 15) is 0 Å². The molecule has 0 aliphatic heterocycles. The number of thiophene rings is 1. The van der Waals surface area contributed by atoms with Gasteiger partial charge in [0.1, 0.15) is 0 Å². The molecule has 14 heavy (non-hydrogen) atoms. The quantitative estimate of drug-likeness (QED) is 0.797. The van der Waals surface area contributed by atoms with Gasteiger partial charge in [-0.25, -0.2) is 0 Å². The van der Waals surface area contributed by atoms with E-state index >= 15 is 0 Å². The molecule has 2 aromatic heterocycles. The van der Waals surface area contributed by atoms with Crippen molar-refractivity contribution < 1.29 is 4.42 Å². The van der Waals surface area contributed by atoms with E-state index in [0.717, 1.165) is 5.69 Å². The number of rotatable bonds is 2. The summed E-state index contributed by atoms with van der Waals surface area (Å²) in [4.78, 5) is 12.6. The van der Waals surface area contributed by atoms with Crippen LogP contribution in [0.5, 0.6) is 0 Å². The van der Waals surface area contributed by atoms with Crippen LogP contribution in [0.15, 0.2) is 29.2 Å². The van der Waals surface area contributed by atoms with Crippen LogP contribution < -0.4 is 2.89 Å². The maximum absolute atomic E-state index is 4.98. The summed E-state index contributed by atoms with van der Waals surface area (Å²) in [5.41, 5.74) is 0.955. The van der Waals surface area contributed by atoms with Gasteiger partial charge >= 0.3 is 92.2 Å². The summed E-state index contributed by atoms with van der Waals surface area (Å²) in [6.45, 7) is 0. The van der Waals surface area contributed by atoms with Gasteiger partial charge in [-0.3, -0.25) is 0 Å². The predicted molar refractivity (Wildman–Crippen MR) is 62.8 cm³/mol. The summed E-state index contributed by atoms with van der Waals surface area (Å²) in [5, 5.41) is 0. The Hall–Kier alpha value is -0.291. The van der Waals surface area contributed by atoms with E-state index in [1.807, 2.05) is 11.3 Å². The predicted octanol–water partition coefficient (Wildman–Crippen LogP) is 2.95. The van der Waals surface area contributed by atoms with Gasteiger partial charge in [-0.2, -0.15) is 0 Å². The van der Waals surface area contributed by atoms with Gasteiger partial charge < -0.3 is 0 Å². The molecule has 0 spiro atoms. The van der Waals surface area contributed by atoms with E-state index in [2.05, 4.69) is 31.9 Å². The second-order valence-electron chi connectivity index (χ2n) is 4.29. The summed E-state index contributed by atoms with van der Waals surface area (Å²) in [6.07, 6.45) is 3.18. The third-order valence-corrected chi connectivity index (χ3v) is 12.6. The van der Waals surface area contributed by atoms with Crippen molar-refractivity contribution in [3.8, 4) is 10.6 Å². The molecule has 0 aliphatic rings. The maximum atomic E-state index is 4.98. The molecule has 0 radical (unpaired) electrons. The van der Waals surface area contributed by atoms with Crippen molar-refractivity contribution in [3.05, 3.63) is 24.8 Å². The fourth-order valence-electron chi connectivity index (χ4n) is 1.21. The monoisotopic (exact) mass is 315 g/mol. The van der Waals surface area contributed by atoms with Crippen molar-refractivity contribution in [3.63, 3.8) is 0 Å². The summed E-state index contributed by atoms with van der Waals surface area (Å²) in [5.74, 6) is 0. The zero-order chi connectivity index (χ0) is 10.2. The Morgan fingerprint density at radius 1 is 1.29 bits per heavy atom. The first-order chi connectivity index (χ1) is 6.57. The van der Waals surface area contributed by atoms with Gasteiger partial charge in [-0.1, -0.05) is 0 Å². The molecular weight excluding hydrogens is 301 g/mol. The molecule has 0 bridgehead atoms. The molecular formula is C10H13NOSSn. The van der Waals surface area contributed by atoms with Crippen molar-refractivity contribution in [1.82, 2.24) is 4.98 Å². The number of nitrogens with zero attached hydrogens (tertiary/aromatic N) is 1. The van der Waals surface area contributed by atoms with Crippen LogP contribution in [0.2, 0.25) is 14.8 Å². The molecule has 2 nitrogen and oxygen atoms in total. The van der Waals surface area contributed by atoms with Gasteiger partial charge in [0.15, 0.2) is 0 Å². The summed E-state index contributed by atoms with van der Waals surface area (Å²) >= 11 is -0.00291. The van der Waals surface area contributed by atoms with Gasteiger partial charge in [0.2, 0.25) is 0 Å². The Labute approximate surface area is 91.9 Å². The zero-order valence-corrected chi connectivity index (χ0v) is 12.2. The number of aromatic nitrogens is 1. The van der Waals surface area contributed by atoms with Gasteiger partial charge in [-0.05, 0) is 0 Å². The summed E-state index contributed by atoms with van der Waals surface area (Å²) < 4.78 is 6.56. The molecule has 0 aromatic carbocycles. The van der Waals surface area contributed by atoms with E-state index in [4.69, 9.17) is 4.42 Å². The molecule has 2 aromatic rings. The van der Waals surface area contributed by atoms with E-state index in [-0.39, 0.29) is 0 Å². The van der Waals surface area contributed by atoms with Crippen LogP contribution in [-0.4, -0.2) is 23.4 Å². The molecule has 0 amide bonds. The van der Waals surface area contributed by atoms with Crippen molar-refractivity contribution in [1.29, 1.82) is 0 Å². The van der Waals surface area contributed by atoms with E-state index < -0.39 is 18.4 Å². The Bertz CT molecular complexity index is 414. The third-order valence-electron chi connectivity index (χ3n) is 2.03.